The van der Waals surface area contributed by atoms with Gasteiger partial charge in [0, 0.05) is 17.7 Å². The molecule has 1 unspecified atom stereocenters. The summed E-state index contributed by atoms with van der Waals surface area (Å²) in [6.07, 6.45) is 4.27. The van der Waals surface area contributed by atoms with Crippen LogP contribution in [-0.2, 0) is 6.42 Å². The molecule has 1 aliphatic rings. The Balaban J connectivity index is 2.33. The first-order valence-corrected chi connectivity index (χ1v) is 6.90. The standard InChI is InChI=1S/C14H20ClNO3/c1-18-12-8-11(17)13(15)10(14(12)19-2)7-9-5-3-4-6-16-9/h8-9,16-17H,3-7H2,1-2H3. The van der Waals surface area contributed by atoms with E-state index in [-0.39, 0.29) is 5.75 Å². The number of halogens is 1. The highest BCUT2D eigenvalue weighted by Gasteiger charge is 2.22. The van der Waals surface area contributed by atoms with Crippen LogP contribution in [0.25, 0.3) is 0 Å². The Morgan fingerprint density at radius 2 is 2.16 bits per heavy atom. The van der Waals surface area contributed by atoms with Crippen molar-refractivity contribution in [2.45, 2.75) is 31.7 Å². The molecule has 0 bridgehead atoms. The molecule has 0 aromatic heterocycles. The van der Waals surface area contributed by atoms with Gasteiger partial charge in [-0.25, -0.2) is 0 Å². The molecular formula is C14H20ClNO3. The first kappa shape index (κ1) is 14.3. The summed E-state index contributed by atoms with van der Waals surface area (Å²) in [5.41, 5.74) is 0.806. The monoisotopic (exact) mass is 285 g/mol. The van der Waals surface area contributed by atoms with Crippen molar-refractivity contribution in [3.05, 3.63) is 16.7 Å². The molecule has 1 aliphatic heterocycles. The highest BCUT2D eigenvalue weighted by atomic mass is 35.5. The van der Waals surface area contributed by atoms with Gasteiger partial charge in [-0.15, -0.1) is 0 Å². The summed E-state index contributed by atoms with van der Waals surface area (Å²) >= 11 is 6.21. The summed E-state index contributed by atoms with van der Waals surface area (Å²) < 4.78 is 10.6. The maximum Gasteiger partial charge on any atom is 0.165 e. The van der Waals surface area contributed by atoms with Crippen molar-refractivity contribution in [2.24, 2.45) is 0 Å². The minimum absolute atomic E-state index is 0.0325. The largest absolute Gasteiger partial charge is 0.506 e. The van der Waals surface area contributed by atoms with Crippen molar-refractivity contribution in [1.29, 1.82) is 0 Å². The molecule has 2 N–H and O–H groups in total. The van der Waals surface area contributed by atoms with Crippen molar-refractivity contribution in [1.82, 2.24) is 5.32 Å². The molecular weight excluding hydrogens is 266 g/mol. The van der Waals surface area contributed by atoms with Gasteiger partial charge in [-0.2, -0.15) is 0 Å². The molecule has 1 atom stereocenters. The van der Waals surface area contributed by atoms with Crippen molar-refractivity contribution in [3.63, 3.8) is 0 Å². The van der Waals surface area contributed by atoms with Gasteiger partial charge in [-0.05, 0) is 25.8 Å². The van der Waals surface area contributed by atoms with Gasteiger partial charge in [-0.1, -0.05) is 18.0 Å². The highest BCUT2D eigenvalue weighted by Crippen LogP contribution is 2.42. The summed E-state index contributed by atoms with van der Waals surface area (Å²) in [7, 11) is 3.14. The molecule has 0 saturated carbocycles. The van der Waals surface area contributed by atoms with Gasteiger partial charge < -0.3 is 19.9 Å². The van der Waals surface area contributed by atoms with Gasteiger partial charge in [-0.3, -0.25) is 0 Å². The van der Waals surface area contributed by atoms with Gasteiger partial charge in [0.25, 0.3) is 0 Å². The first-order chi connectivity index (χ1) is 9.17. The predicted octanol–water partition coefficient (Wildman–Crippen LogP) is 2.75. The molecule has 0 spiro atoms. The summed E-state index contributed by atoms with van der Waals surface area (Å²) in [5.74, 6) is 1.15. The lowest BCUT2D eigenvalue weighted by atomic mass is 9.96. The lowest BCUT2D eigenvalue weighted by Crippen LogP contribution is -2.35. The van der Waals surface area contributed by atoms with E-state index in [1.165, 1.54) is 18.9 Å². The summed E-state index contributed by atoms with van der Waals surface area (Å²) in [6.45, 7) is 1.03. The summed E-state index contributed by atoms with van der Waals surface area (Å²) in [4.78, 5) is 0. The van der Waals surface area contributed by atoms with E-state index in [0.717, 1.165) is 24.9 Å². The molecule has 1 fully saturated rings. The molecule has 1 saturated heterocycles. The lowest BCUT2D eigenvalue weighted by Gasteiger charge is -2.25. The zero-order chi connectivity index (χ0) is 13.8. The van der Waals surface area contributed by atoms with Crippen LogP contribution >= 0.6 is 11.6 Å². The Bertz CT molecular complexity index is 445. The molecule has 2 rings (SSSR count). The smallest absolute Gasteiger partial charge is 0.165 e. The van der Waals surface area contributed by atoms with E-state index in [1.54, 1.807) is 14.2 Å². The molecule has 19 heavy (non-hydrogen) atoms. The Kier molecular flexibility index (Phi) is 4.77. The van der Waals surface area contributed by atoms with E-state index >= 15 is 0 Å². The van der Waals surface area contributed by atoms with Crippen LogP contribution in [0.15, 0.2) is 6.07 Å². The maximum absolute atomic E-state index is 9.87. The molecule has 5 heteroatoms. The molecule has 1 aromatic rings. The number of phenolic OH excluding ortho intramolecular Hbond substituents is 1. The minimum atomic E-state index is 0.0325. The Morgan fingerprint density at radius 3 is 2.74 bits per heavy atom. The normalized spacial score (nSPS) is 19.2. The second-order valence-electron chi connectivity index (χ2n) is 4.77. The fourth-order valence-electron chi connectivity index (χ4n) is 2.56. The van der Waals surface area contributed by atoms with Crippen LogP contribution in [0.4, 0.5) is 0 Å². The van der Waals surface area contributed by atoms with Crippen molar-refractivity contribution >= 4 is 11.6 Å². The number of phenols is 1. The number of nitrogens with one attached hydrogen (secondary N) is 1. The Labute approximate surface area is 118 Å². The quantitative estimate of drug-likeness (QED) is 0.893. The SMILES string of the molecule is COc1cc(O)c(Cl)c(CC2CCCCN2)c1OC. The van der Waals surface area contributed by atoms with E-state index in [4.69, 9.17) is 21.1 Å². The number of hydrogen-bond acceptors (Lipinski definition) is 4. The predicted molar refractivity (Wildman–Crippen MR) is 75.6 cm³/mol. The average molecular weight is 286 g/mol. The van der Waals surface area contributed by atoms with Crippen molar-refractivity contribution in [2.75, 3.05) is 20.8 Å². The van der Waals surface area contributed by atoms with Crippen LogP contribution in [0.5, 0.6) is 17.2 Å². The molecule has 1 aromatic carbocycles. The molecule has 0 amide bonds. The van der Waals surface area contributed by atoms with Gasteiger partial charge in [0.05, 0.1) is 19.2 Å². The van der Waals surface area contributed by atoms with Crippen LogP contribution in [0.1, 0.15) is 24.8 Å². The minimum Gasteiger partial charge on any atom is -0.506 e. The van der Waals surface area contributed by atoms with E-state index in [9.17, 15) is 5.11 Å². The van der Waals surface area contributed by atoms with Crippen molar-refractivity contribution < 1.29 is 14.6 Å². The van der Waals surface area contributed by atoms with Gasteiger partial charge >= 0.3 is 0 Å². The fourth-order valence-corrected chi connectivity index (χ4v) is 2.78. The molecule has 0 aliphatic carbocycles. The molecule has 106 valence electrons. The second-order valence-corrected chi connectivity index (χ2v) is 5.15. The molecule has 0 radical (unpaired) electrons. The zero-order valence-corrected chi connectivity index (χ0v) is 12.1. The Morgan fingerprint density at radius 1 is 1.37 bits per heavy atom. The molecule has 1 heterocycles. The van der Waals surface area contributed by atoms with Crippen LogP contribution in [0.3, 0.4) is 0 Å². The average Bonchev–Trinajstić information content (AvgIpc) is 2.44. The number of methoxy groups -OCH3 is 2. The van der Waals surface area contributed by atoms with Gasteiger partial charge in [0.2, 0.25) is 0 Å². The fraction of sp³-hybridized carbons (Fsp3) is 0.571. The highest BCUT2D eigenvalue weighted by molar-refractivity contribution is 6.33. The first-order valence-electron chi connectivity index (χ1n) is 6.53. The number of aromatic hydroxyl groups is 1. The number of hydrogen-bond donors (Lipinski definition) is 2. The molecule has 4 nitrogen and oxygen atoms in total. The van der Waals surface area contributed by atoms with Crippen LogP contribution in [-0.4, -0.2) is 31.9 Å². The topological polar surface area (TPSA) is 50.7 Å². The number of ether oxygens (including phenoxy) is 2. The van der Waals surface area contributed by atoms with Crippen LogP contribution in [0.2, 0.25) is 5.02 Å². The number of piperidine rings is 1. The second kappa shape index (κ2) is 6.35. The van der Waals surface area contributed by atoms with E-state index in [0.29, 0.717) is 22.6 Å². The maximum atomic E-state index is 9.87. The third kappa shape index (κ3) is 3.07. The summed E-state index contributed by atoms with van der Waals surface area (Å²) in [5, 5.41) is 13.7. The van der Waals surface area contributed by atoms with Crippen molar-refractivity contribution in [3.8, 4) is 17.2 Å². The lowest BCUT2D eigenvalue weighted by molar-refractivity contribution is 0.342. The van der Waals surface area contributed by atoms with Gasteiger partial charge in [0.15, 0.2) is 11.5 Å². The van der Waals surface area contributed by atoms with E-state index < -0.39 is 0 Å². The van der Waals surface area contributed by atoms with Crippen LogP contribution < -0.4 is 14.8 Å². The zero-order valence-electron chi connectivity index (χ0n) is 11.3. The van der Waals surface area contributed by atoms with Gasteiger partial charge in [0.1, 0.15) is 5.75 Å². The third-order valence-electron chi connectivity index (χ3n) is 3.54. The Hall–Kier alpha value is -1.13. The number of rotatable bonds is 4. The van der Waals surface area contributed by atoms with Crippen LogP contribution in [0, 0.1) is 0 Å². The van der Waals surface area contributed by atoms with E-state index in [1.807, 2.05) is 0 Å². The van der Waals surface area contributed by atoms with E-state index in [2.05, 4.69) is 5.32 Å². The third-order valence-corrected chi connectivity index (χ3v) is 3.96. The summed E-state index contributed by atoms with van der Waals surface area (Å²) in [6, 6.07) is 1.85. The number of benzene rings is 1.